The van der Waals surface area contributed by atoms with Gasteiger partial charge in [0.1, 0.15) is 4.90 Å². The van der Waals surface area contributed by atoms with Crippen LogP contribution in [0.1, 0.15) is 24.4 Å². The van der Waals surface area contributed by atoms with Gasteiger partial charge in [-0.2, -0.15) is 0 Å². The first-order valence-electron chi connectivity index (χ1n) is 5.45. The molecule has 1 heterocycles. The summed E-state index contributed by atoms with van der Waals surface area (Å²) in [5.41, 5.74) is 0. The van der Waals surface area contributed by atoms with E-state index < -0.39 is 34.2 Å². The van der Waals surface area contributed by atoms with Gasteiger partial charge >= 0.3 is 5.97 Å². The average Bonchev–Trinajstić information content (AvgIpc) is 2.69. The van der Waals surface area contributed by atoms with Crippen molar-refractivity contribution in [3.8, 4) is 0 Å². The van der Waals surface area contributed by atoms with E-state index in [4.69, 9.17) is 9.52 Å². The third kappa shape index (κ3) is 4.32. The Kier molecular flexibility index (Phi) is 5.31. The molecular formula is C10H13BrN2O6S. The molecule has 1 amide bonds. The fraction of sp³-hybridized carbons (Fsp3) is 0.400. The molecule has 0 saturated heterocycles. The number of carboxylic acids is 1. The van der Waals surface area contributed by atoms with Crippen molar-refractivity contribution >= 4 is 37.8 Å². The van der Waals surface area contributed by atoms with Crippen molar-refractivity contribution in [2.45, 2.75) is 24.8 Å². The summed E-state index contributed by atoms with van der Waals surface area (Å²) in [6, 6.07) is 0.737. The van der Waals surface area contributed by atoms with E-state index in [1.54, 1.807) is 13.8 Å². The molecule has 0 unspecified atom stereocenters. The Morgan fingerprint density at radius 1 is 1.45 bits per heavy atom. The van der Waals surface area contributed by atoms with Gasteiger partial charge in [0.25, 0.3) is 0 Å². The van der Waals surface area contributed by atoms with E-state index in [-0.39, 0.29) is 15.6 Å². The molecule has 0 spiro atoms. The van der Waals surface area contributed by atoms with Gasteiger partial charge in [-0.15, -0.1) is 0 Å². The molecule has 0 aliphatic heterocycles. The van der Waals surface area contributed by atoms with Crippen LogP contribution in [-0.2, 0) is 14.8 Å². The fourth-order valence-electron chi connectivity index (χ4n) is 1.25. The summed E-state index contributed by atoms with van der Waals surface area (Å²) in [5, 5.41) is 11.2. The number of carboxylic acid groups (broad SMARTS) is 1. The second kappa shape index (κ2) is 6.37. The first-order valence-corrected chi connectivity index (χ1v) is 7.72. The predicted octanol–water partition coefficient (Wildman–Crippen LogP) is 0.543. The number of hydrogen-bond acceptors (Lipinski definition) is 5. The van der Waals surface area contributed by atoms with Gasteiger partial charge in [-0.25, -0.2) is 17.9 Å². The van der Waals surface area contributed by atoms with Gasteiger partial charge in [0.2, 0.25) is 21.7 Å². The van der Waals surface area contributed by atoms with Crippen molar-refractivity contribution in [2.75, 3.05) is 6.54 Å². The number of halogens is 1. The second-order valence-corrected chi connectivity index (χ2v) is 6.56. The Morgan fingerprint density at radius 3 is 2.50 bits per heavy atom. The highest BCUT2D eigenvalue weighted by atomic mass is 79.9. The molecular weight excluding hydrogens is 356 g/mol. The molecule has 1 aromatic rings. The number of carbonyl (C=O) groups excluding carboxylic acids is 1. The molecule has 0 bridgehead atoms. The maximum absolute atomic E-state index is 11.9. The molecule has 0 fully saturated rings. The number of amides is 1. The van der Waals surface area contributed by atoms with E-state index in [1.165, 1.54) is 0 Å². The summed E-state index contributed by atoms with van der Waals surface area (Å²) in [6.07, 6.45) is 0. The first kappa shape index (κ1) is 16.7. The minimum Gasteiger partial charge on any atom is -0.475 e. The average molecular weight is 369 g/mol. The van der Waals surface area contributed by atoms with Gasteiger partial charge in [0, 0.05) is 12.1 Å². The number of rotatable bonds is 6. The lowest BCUT2D eigenvalue weighted by Crippen LogP contribution is -2.39. The van der Waals surface area contributed by atoms with Crippen LogP contribution in [0.25, 0.3) is 0 Å². The molecule has 112 valence electrons. The summed E-state index contributed by atoms with van der Waals surface area (Å²) in [7, 11) is -4.05. The molecule has 1 rings (SSSR count). The van der Waals surface area contributed by atoms with Crippen molar-refractivity contribution in [1.29, 1.82) is 0 Å². The number of furan rings is 1. The third-order valence-electron chi connectivity index (χ3n) is 2.03. The molecule has 0 saturated carbocycles. The zero-order valence-electron chi connectivity index (χ0n) is 10.6. The van der Waals surface area contributed by atoms with Crippen molar-refractivity contribution in [1.82, 2.24) is 10.0 Å². The predicted molar refractivity (Wildman–Crippen MR) is 71.8 cm³/mol. The molecule has 0 aromatic carbocycles. The van der Waals surface area contributed by atoms with Gasteiger partial charge in [-0.05, 0) is 29.8 Å². The molecule has 10 heteroatoms. The van der Waals surface area contributed by atoms with Crippen LogP contribution in [0.5, 0.6) is 0 Å². The van der Waals surface area contributed by atoms with Gasteiger partial charge < -0.3 is 14.8 Å². The van der Waals surface area contributed by atoms with Crippen molar-refractivity contribution in [3.05, 3.63) is 16.5 Å². The molecule has 0 radical (unpaired) electrons. The highest BCUT2D eigenvalue weighted by molar-refractivity contribution is 9.10. The summed E-state index contributed by atoms with van der Waals surface area (Å²) in [6.45, 7) is 3.01. The molecule has 0 atom stereocenters. The molecule has 8 nitrogen and oxygen atoms in total. The highest BCUT2D eigenvalue weighted by Crippen LogP contribution is 2.25. The lowest BCUT2D eigenvalue weighted by atomic mass is 10.4. The van der Waals surface area contributed by atoms with Crippen LogP contribution < -0.4 is 10.0 Å². The Labute approximate surface area is 123 Å². The van der Waals surface area contributed by atoms with Crippen molar-refractivity contribution in [2.24, 2.45) is 0 Å². The van der Waals surface area contributed by atoms with E-state index in [0.29, 0.717) is 0 Å². The van der Waals surface area contributed by atoms with Crippen LogP contribution in [-0.4, -0.2) is 38.0 Å². The van der Waals surface area contributed by atoms with Crippen LogP contribution in [0.3, 0.4) is 0 Å². The monoisotopic (exact) mass is 368 g/mol. The van der Waals surface area contributed by atoms with Crippen LogP contribution >= 0.6 is 15.9 Å². The van der Waals surface area contributed by atoms with E-state index in [0.717, 1.165) is 6.07 Å². The lowest BCUT2D eigenvalue weighted by molar-refractivity contribution is -0.120. The zero-order chi connectivity index (χ0) is 15.5. The first-order chi connectivity index (χ1) is 9.13. The van der Waals surface area contributed by atoms with Gasteiger partial charge in [-0.1, -0.05) is 0 Å². The van der Waals surface area contributed by atoms with Gasteiger partial charge in [0.15, 0.2) is 4.67 Å². The van der Waals surface area contributed by atoms with Gasteiger partial charge in [-0.3, -0.25) is 4.79 Å². The number of hydrogen-bond donors (Lipinski definition) is 3. The maximum Gasteiger partial charge on any atom is 0.371 e. The van der Waals surface area contributed by atoms with E-state index in [9.17, 15) is 18.0 Å². The molecule has 0 aliphatic carbocycles. The molecule has 20 heavy (non-hydrogen) atoms. The van der Waals surface area contributed by atoms with Gasteiger partial charge in [0.05, 0.1) is 6.54 Å². The Bertz CT molecular complexity index is 622. The zero-order valence-corrected chi connectivity index (χ0v) is 13.0. The largest absolute Gasteiger partial charge is 0.475 e. The Hall–Kier alpha value is -1.39. The number of nitrogens with one attached hydrogen (secondary N) is 2. The fourth-order valence-corrected chi connectivity index (χ4v) is 3.17. The topological polar surface area (TPSA) is 126 Å². The molecule has 0 aliphatic rings. The smallest absolute Gasteiger partial charge is 0.371 e. The van der Waals surface area contributed by atoms with Crippen LogP contribution in [0.2, 0.25) is 0 Å². The highest BCUT2D eigenvalue weighted by Gasteiger charge is 2.25. The number of sulfonamides is 1. The number of carbonyl (C=O) groups is 2. The normalized spacial score (nSPS) is 11.6. The quantitative estimate of drug-likeness (QED) is 0.672. The van der Waals surface area contributed by atoms with Crippen LogP contribution in [0, 0.1) is 0 Å². The third-order valence-corrected chi connectivity index (χ3v) is 4.29. The summed E-state index contributed by atoms with van der Waals surface area (Å²) in [4.78, 5) is 21.7. The van der Waals surface area contributed by atoms with Crippen LogP contribution in [0.15, 0.2) is 20.0 Å². The lowest BCUT2D eigenvalue weighted by Gasteiger charge is -2.09. The minimum atomic E-state index is -4.05. The Balaban J connectivity index is 2.84. The SMILES string of the molecule is CC(C)NC(=O)CNS(=O)(=O)c1cc(C(=O)O)oc1Br. The summed E-state index contributed by atoms with van der Waals surface area (Å²) in [5.74, 6) is -2.42. The number of aromatic carboxylic acids is 1. The van der Waals surface area contributed by atoms with E-state index in [2.05, 4.69) is 26.0 Å². The second-order valence-electron chi connectivity index (χ2n) is 4.10. The van der Waals surface area contributed by atoms with E-state index in [1.807, 2.05) is 0 Å². The summed E-state index contributed by atoms with van der Waals surface area (Å²) >= 11 is 2.82. The van der Waals surface area contributed by atoms with Crippen LogP contribution in [0.4, 0.5) is 0 Å². The standard InChI is InChI=1S/C10H13BrN2O6S/c1-5(2)13-8(14)4-12-20(17,18)7-3-6(10(15)16)19-9(7)11/h3,5,12H,4H2,1-2H3,(H,13,14)(H,15,16). The maximum atomic E-state index is 11.9. The minimum absolute atomic E-state index is 0.119. The summed E-state index contributed by atoms with van der Waals surface area (Å²) < 4.78 is 30.3. The molecule has 1 aromatic heterocycles. The van der Waals surface area contributed by atoms with Crippen molar-refractivity contribution < 1.29 is 27.5 Å². The van der Waals surface area contributed by atoms with E-state index >= 15 is 0 Å². The van der Waals surface area contributed by atoms with Crippen molar-refractivity contribution in [3.63, 3.8) is 0 Å². The molecule has 3 N–H and O–H groups in total. The Morgan fingerprint density at radius 2 is 2.05 bits per heavy atom.